The third kappa shape index (κ3) is 3.08. The van der Waals surface area contributed by atoms with Crippen molar-refractivity contribution in [3.05, 3.63) is 78.4 Å². The van der Waals surface area contributed by atoms with Crippen molar-refractivity contribution < 1.29 is 4.39 Å². The summed E-state index contributed by atoms with van der Waals surface area (Å²) >= 11 is 0. The van der Waals surface area contributed by atoms with Crippen molar-refractivity contribution in [2.75, 3.05) is 5.32 Å². The average Bonchev–Trinajstić information content (AvgIpc) is 3.01. The maximum absolute atomic E-state index is 13.4. The molecule has 0 spiro atoms. The summed E-state index contributed by atoms with van der Waals surface area (Å²) in [5.41, 5.74) is 4.70. The third-order valence-electron chi connectivity index (χ3n) is 4.13. The van der Waals surface area contributed by atoms with E-state index in [0.717, 1.165) is 27.9 Å². The standard InChI is InChI=1S/C20H17FN4/c1-25-13-15(20(24-25)14-5-3-2-4-6-14)12-23-18-9-10-22-19-11-16(21)7-8-17(18)19/h2-11,13H,12H2,1H3,(H,22,23). The summed E-state index contributed by atoms with van der Waals surface area (Å²) in [6.45, 7) is 0.620. The van der Waals surface area contributed by atoms with Crippen molar-refractivity contribution in [2.45, 2.75) is 6.54 Å². The topological polar surface area (TPSA) is 42.7 Å². The van der Waals surface area contributed by atoms with Gasteiger partial charge in [0.15, 0.2) is 0 Å². The van der Waals surface area contributed by atoms with Crippen LogP contribution in [-0.4, -0.2) is 14.8 Å². The number of hydrogen-bond acceptors (Lipinski definition) is 3. The molecule has 0 aliphatic carbocycles. The van der Waals surface area contributed by atoms with E-state index in [-0.39, 0.29) is 5.82 Å². The first-order valence-electron chi connectivity index (χ1n) is 8.07. The summed E-state index contributed by atoms with van der Waals surface area (Å²) in [7, 11) is 1.92. The minimum Gasteiger partial charge on any atom is -0.380 e. The van der Waals surface area contributed by atoms with Crippen LogP contribution in [0.5, 0.6) is 0 Å². The smallest absolute Gasteiger partial charge is 0.125 e. The Labute approximate surface area is 144 Å². The minimum atomic E-state index is -0.282. The first kappa shape index (κ1) is 15.3. The van der Waals surface area contributed by atoms with Gasteiger partial charge < -0.3 is 5.32 Å². The second kappa shape index (κ2) is 6.36. The van der Waals surface area contributed by atoms with Crippen LogP contribution in [0.3, 0.4) is 0 Å². The van der Waals surface area contributed by atoms with Gasteiger partial charge in [-0.3, -0.25) is 9.67 Å². The van der Waals surface area contributed by atoms with E-state index in [1.54, 1.807) is 12.3 Å². The van der Waals surface area contributed by atoms with Crippen LogP contribution in [0.25, 0.3) is 22.2 Å². The summed E-state index contributed by atoms with van der Waals surface area (Å²) in [6.07, 6.45) is 3.70. The molecule has 25 heavy (non-hydrogen) atoms. The van der Waals surface area contributed by atoms with Crippen molar-refractivity contribution in [2.24, 2.45) is 7.05 Å². The van der Waals surface area contributed by atoms with Crippen LogP contribution in [0, 0.1) is 5.82 Å². The van der Waals surface area contributed by atoms with Crippen molar-refractivity contribution in [1.29, 1.82) is 0 Å². The summed E-state index contributed by atoms with van der Waals surface area (Å²) < 4.78 is 15.2. The van der Waals surface area contributed by atoms with Crippen LogP contribution < -0.4 is 5.32 Å². The van der Waals surface area contributed by atoms with Crippen molar-refractivity contribution >= 4 is 16.6 Å². The van der Waals surface area contributed by atoms with Crippen molar-refractivity contribution in [3.63, 3.8) is 0 Å². The predicted octanol–water partition coefficient (Wildman–Crippen LogP) is 4.39. The van der Waals surface area contributed by atoms with E-state index in [0.29, 0.717) is 12.1 Å². The van der Waals surface area contributed by atoms with Gasteiger partial charge in [-0.1, -0.05) is 30.3 Å². The molecule has 0 aliphatic heterocycles. The van der Waals surface area contributed by atoms with Gasteiger partial charge in [-0.15, -0.1) is 0 Å². The lowest BCUT2D eigenvalue weighted by Crippen LogP contribution is -2.01. The number of aryl methyl sites for hydroxylation is 1. The number of hydrogen-bond donors (Lipinski definition) is 1. The molecule has 0 amide bonds. The maximum atomic E-state index is 13.4. The highest BCUT2D eigenvalue weighted by Crippen LogP contribution is 2.25. The van der Waals surface area contributed by atoms with Crippen molar-refractivity contribution in [3.8, 4) is 11.3 Å². The number of benzene rings is 2. The molecule has 0 aliphatic rings. The number of rotatable bonds is 4. The molecule has 4 rings (SSSR count). The summed E-state index contributed by atoms with van der Waals surface area (Å²) in [5.74, 6) is -0.282. The van der Waals surface area contributed by atoms with Crippen LogP contribution in [0.4, 0.5) is 10.1 Å². The second-order valence-electron chi connectivity index (χ2n) is 5.92. The van der Waals surface area contributed by atoms with Gasteiger partial charge in [0.1, 0.15) is 5.82 Å². The lowest BCUT2D eigenvalue weighted by atomic mass is 10.1. The Morgan fingerprint density at radius 3 is 2.76 bits per heavy atom. The minimum absolute atomic E-state index is 0.282. The quantitative estimate of drug-likeness (QED) is 0.603. The van der Waals surface area contributed by atoms with Crippen LogP contribution in [-0.2, 0) is 13.6 Å². The summed E-state index contributed by atoms with van der Waals surface area (Å²) in [4.78, 5) is 4.23. The molecule has 5 heteroatoms. The zero-order valence-electron chi connectivity index (χ0n) is 13.8. The molecule has 2 aromatic carbocycles. The SMILES string of the molecule is Cn1cc(CNc2ccnc3cc(F)ccc23)c(-c2ccccc2)n1. The molecule has 0 saturated heterocycles. The van der Waals surface area contributed by atoms with Gasteiger partial charge in [-0.25, -0.2) is 4.39 Å². The molecule has 0 atom stereocenters. The van der Waals surface area contributed by atoms with E-state index < -0.39 is 0 Å². The molecule has 1 N–H and O–H groups in total. The Hall–Kier alpha value is -3.21. The number of anilines is 1. The first-order chi connectivity index (χ1) is 12.2. The Morgan fingerprint density at radius 1 is 1.08 bits per heavy atom. The molecule has 0 bridgehead atoms. The fourth-order valence-corrected chi connectivity index (χ4v) is 2.97. The Kier molecular flexibility index (Phi) is 3.90. The summed E-state index contributed by atoms with van der Waals surface area (Å²) in [6, 6.07) is 16.7. The maximum Gasteiger partial charge on any atom is 0.125 e. The van der Waals surface area contributed by atoms with Gasteiger partial charge in [-0.2, -0.15) is 5.10 Å². The van der Waals surface area contributed by atoms with E-state index in [4.69, 9.17) is 0 Å². The fraction of sp³-hybridized carbons (Fsp3) is 0.100. The average molecular weight is 332 g/mol. The molecular weight excluding hydrogens is 315 g/mol. The van der Waals surface area contributed by atoms with Gasteiger partial charge >= 0.3 is 0 Å². The number of aromatic nitrogens is 3. The second-order valence-corrected chi connectivity index (χ2v) is 5.92. The normalized spacial score (nSPS) is 11.0. The van der Waals surface area contributed by atoms with Crippen LogP contribution in [0.15, 0.2) is 67.0 Å². The molecule has 0 fully saturated rings. The molecule has 0 saturated carbocycles. The lowest BCUT2D eigenvalue weighted by Gasteiger charge is -2.09. The number of halogens is 1. The van der Waals surface area contributed by atoms with Crippen LogP contribution in [0.1, 0.15) is 5.56 Å². The van der Waals surface area contributed by atoms with Gasteiger partial charge in [-0.05, 0) is 18.2 Å². The van der Waals surface area contributed by atoms with E-state index in [1.807, 2.05) is 42.2 Å². The molecule has 4 aromatic rings. The lowest BCUT2D eigenvalue weighted by molar-refractivity contribution is 0.629. The molecule has 124 valence electrons. The Balaban J connectivity index is 1.65. The molecule has 0 radical (unpaired) electrons. The molecule has 4 nitrogen and oxygen atoms in total. The van der Waals surface area contributed by atoms with Crippen LogP contribution in [0.2, 0.25) is 0 Å². The van der Waals surface area contributed by atoms with Crippen molar-refractivity contribution in [1.82, 2.24) is 14.8 Å². The zero-order valence-corrected chi connectivity index (χ0v) is 13.8. The van der Waals surface area contributed by atoms with Gasteiger partial charge in [0.2, 0.25) is 0 Å². The largest absolute Gasteiger partial charge is 0.380 e. The van der Waals surface area contributed by atoms with E-state index in [2.05, 4.69) is 27.5 Å². The molecule has 2 heterocycles. The van der Waals surface area contributed by atoms with E-state index in [1.165, 1.54) is 12.1 Å². The fourth-order valence-electron chi connectivity index (χ4n) is 2.97. The molecular formula is C20H17FN4. The van der Waals surface area contributed by atoms with Crippen LogP contribution >= 0.6 is 0 Å². The number of nitrogens with one attached hydrogen (secondary N) is 1. The molecule has 2 aromatic heterocycles. The summed E-state index contributed by atoms with van der Waals surface area (Å²) in [5, 5.41) is 8.91. The van der Waals surface area contributed by atoms with Gasteiger partial charge in [0.05, 0.1) is 11.2 Å². The first-order valence-corrected chi connectivity index (χ1v) is 8.07. The number of pyridine rings is 1. The highest BCUT2D eigenvalue weighted by molar-refractivity contribution is 5.91. The van der Waals surface area contributed by atoms with E-state index in [9.17, 15) is 4.39 Å². The Morgan fingerprint density at radius 2 is 1.92 bits per heavy atom. The van der Waals surface area contributed by atoms with Gasteiger partial charge in [0, 0.05) is 54.3 Å². The zero-order chi connectivity index (χ0) is 17.2. The monoisotopic (exact) mass is 332 g/mol. The Bertz CT molecular complexity index is 1020. The van der Waals surface area contributed by atoms with E-state index >= 15 is 0 Å². The van der Waals surface area contributed by atoms with Gasteiger partial charge in [0.25, 0.3) is 0 Å². The predicted molar refractivity (Wildman–Crippen MR) is 97.7 cm³/mol. The number of nitrogens with zero attached hydrogens (tertiary/aromatic N) is 3. The number of fused-ring (bicyclic) bond motifs is 1. The highest BCUT2D eigenvalue weighted by atomic mass is 19.1. The highest BCUT2D eigenvalue weighted by Gasteiger charge is 2.10. The molecule has 0 unspecified atom stereocenters. The third-order valence-corrected chi connectivity index (χ3v) is 4.13.